The molecule has 3 heterocycles. The monoisotopic (exact) mass is 380 g/mol. The van der Waals surface area contributed by atoms with Crippen molar-refractivity contribution >= 4 is 27.9 Å². The number of hydrogen-bond acceptors (Lipinski definition) is 4. The van der Waals surface area contributed by atoms with Crippen LogP contribution in [0.2, 0.25) is 0 Å². The van der Waals surface area contributed by atoms with Gasteiger partial charge in [-0.05, 0) is 55.7 Å². The molecule has 0 aliphatic heterocycles. The van der Waals surface area contributed by atoms with Crippen LogP contribution >= 0.6 is 11.3 Å². The average molecular weight is 380 g/mol. The minimum absolute atomic E-state index is 0.240. The van der Waals surface area contributed by atoms with E-state index in [1.165, 1.54) is 17.7 Å². The summed E-state index contributed by atoms with van der Waals surface area (Å²) in [5.74, 6) is 0.801. The van der Waals surface area contributed by atoms with Crippen molar-refractivity contribution in [3.8, 4) is 11.3 Å². The number of nitrogens with zero attached hydrogens (tertiary/aromatic N) is 4. The molecule has 4 rings (SSSR count). The molecule has 0 unspecified atom stereocenters. The quantitative estimate of drug-likeness (QED) is 0.466. The maximum atomic E-state index is 13.2. The predicted molar refractivity (Wildman–Crippen MR) is 110 cm³/mol. The van der Waals surface area contributed by atoms with E-state index in [1.807, 2.05) is 12.4 Å². The van der Waals surface area contributed by atoms with E-state index < -0.39 is 0 Å². The largest absolute Gasteiger partial charge is 0.305 e. The first-order valence-corrected chi connectivity index (χ1v) is 9.79. The molecule has 0 N–H and O–H groups in total. The molecule has 3 aromatic heterocycles. The lowest BCUT2D eigenvalue weighted by atomic mass is 10.2. The van der Waals surface area contributed by atoms with Gasteiger partial charge in [-0.25, -0.2) is 14.4 Å². The first kappa shape index (κ1) is 17.7. The number of fused-ring (bicyclic) bond motifs is 1. The minimum Gasteiger partial charge on any atom is -0.305 e. The van der Waals surface area contributed by atoms with Crippen LogP contribution in [0.5, 0.6) is 0 Å². The van der Waals surface area contributed by atoms with Crippen molar-refractivity contribution in [2.24, 2.45) is 0 Å². The standard InChI is InChI=1S/C21H21FN4S/c1-5-17-20(26-11-13(2)10-14(3)19(26)23-17)25(4)21-24-18(12-27-21)15-6-8-16(22)9-7-15/h6-12H,5H2,1-4H3. The Hall–Kier alpha value is -2.73. The summed E-state index contributed by atoms with van der Waals surface area (Å²) in [4.78, 5) is 11.7. The molecule has 0 saturated heterocycles. The number of thiazole rings is 1. The highest BCUT2D eigenvalue weighted by Gasteiger charge is 2.20. The molecule has 4 aromatic rings. The van der Waals surface area contributed by atoms with Crippen LogP contribution in [-0.4, -0.2) is 21.4 Å². The van der Waals surface area contributed by atoms with Gasteiger partial charge < -0.3 is 4.90 Å². The summed E-state index contributed by atoms with van der Waals surface area (Å²) < 4.78 is 15.3. The number of halogens is 1. The zero-order valence-electron chi connectivity index (χ0n) is 15.8. The lowest BCUT2D eigenvalue weighted by Gasteiger charge is -2.17. The van der Waals surface area contributed by atoms with E-state index in [2.05, 4.69) is 42.3 Å². The van der Waals surface area contributed by atoms with Crippen molar-refractivity contribution in [1.82, 2.24) is 14.4 Å². The van der Waals surface area contributed by atoms with E-state index in [0.29, 0.717) is 0 Å². The number of imidazole rings is 1. The second-order valence-electron chi connectivity index (χ2n) is 6.71. The highest BCUT2D eigenvalue weighted by Crippen LogP contribution is 2.34. The topological polar surface area (TPSA) is 33.4 Å². The first-order valence-electron chi connectivity index (χ1n) is 8.91. The number of aryl methyl sites for hydroxylation is 3. The van der Waals surface area contributed by atoms with E-state index in [-0.39, 0.29) is 5.82 Å². The van der Waals surface area contributed by atoms with Crippen molar-refractivity contribution in [1.29, 1.82) is 0 Å². The highest BCUT2D eigenvalue weighted by atomic mass is 32.1. The van der Waals surface area contributed by atoms with Gasteiger partial charge in [0.25, 0.3) is 0 Å². The molecule has 6 heteroatoms. The van der Waals surface area contributed by atoms with Gasteiger partial charge in [0, 0.05) is 24.2 Å². The van der Waals surface area contributed by atoms with Crippen LogP contribution in [0.4, 0.5) is 15.3 Å². The van der Waals surface area contributed by atoms with Gasteiger partial charge in [-0.1, -0.05) is 13.0 Å². The molecule has 0 spiro atoms. The molecule has 4 nitrogen and oxygen atoms in total. The molecule has 0 aliphatic carbocycles. The molecule has 0 bridgehead atoms. The highest BCUT2D eigenvalue weighted by molar-refractivity contribution is 7.14. The van der Waals surface area contributed by atoms with Crippen molar-refractivity contribution in [3.63, 3.8) is 0 Å². The lowest BCUT2D eigenvalue weighted by molar-refractivity contribution is 0.628. The smallest absolute Gasteiger partial charge is 0.191 e. The molecule has 0 amide bonds. The maximum absolute atomic E-state index is 13.2. The second kappa shape index (κ2) is 6.78. The third kappa shape index (κ3) is 3.10. The lowest BCUT2D eigenvalue weighted by Crippen LogP contribution is -2.13. The molecule has 0 saturated carbocycles. The van der Waals surface area contributed by atoms with E-state index in [1.54, 1.807) is 23.5 Å². The first-order chi connectivity index (χ1) is 13.0. The Morgan fingerprint density at radius 3 is 2.59 bits per heavy atom. The molecule has 138 valence electrons. The van der Waals surface area contributed by atoms with Crippen molar-refractivity contribution in [3.05, 3.63) is 64.5 Å². The maximum Gasteiger partial charge on any atom is 0.191 e. The Morgan fingerprint density at radius 2 is 1.89 bits per heavy atom. The number of benzene rings is 1. The Kier molecular flexibility index (Phi) is 4.44. The van der Waals surface area contributed by atoms with Gasteiger partial charge in [0.2, 0.25) is 0 Å². The van der Waals surface area contributed by atoms with Crippen molar-refractivity contribution < 1.29 is 4.39 Å². The van der Waals surface area contributed by atoms with Gasteiger partial charge in [0.1, 0.15) is 17.3 Å². The fourth-order valence-electron chi connectivity index (χ4n) is 3.37. The zero-order chi connectivity index (χ0) is 19.1. The van der Waals surface area contributed by atoms with Crippen LogP contribution in [0.25, 0.3) is 16.9 Å². The Labute approximate surface area is 161 Å². The molecule has 0 fully saturated rings. The third-order valence-electron chi connectivity index (χ3n) is 4.66. The minimum atomic E-state index is -0.240. The number of anilines is 2. The van der Waals surface area contributed by atoms with Crippen molar-refractivity contribution in [2.45, 2.75) is 27.2 Å². The van der Waals surface area contributed by atoms with E-state index in [4.69, 9.17) is 9.97 Å². The molecular weight excluding hydrogens is 359 g/mol. The van der Waals surface area contributed by atoms with E-state index >= 15 is 0 Å². The molecule has 0 aliphatic rings. The predicted octanol–water partition coefficient (Wildman–Crippen LogP) is 5.54. The summed E-state index contributed by atoms with van der Waals surface area (Å²) in [5.41, 5.74) is 6.14. The van der Waals surface area contributed by atoms with Crippen molar-refractivity contribution in [2.75, 3.05) is 11.9 Å². The summed E-state index contributed by atoms with van der Waals surface area (Å²) in [6.07, 6.45) is 2.96. The average Bonchev–Trinajstić information content (AvgIpc) is 3.26. The Balaban J connectivity index is 1.79. The normalized spacial score (nSPS) is 11.3. The van der Waals surface area contributed by atoms with Crippen LogP contribution in [-0.2, 0) is 6.42 Å². The van der Waals surface area contributed by atoms with Gasteiger partial charge >= 0.3 is 0 Å². The van der Waals surface area contributed by atoms with Crippen LogP contribution in [0.1, 0.15) is 23.7 Å². The van der Waals surface area contributed by atoms with Gasteiger partial charge in [0.05, 0.1) is 11.4 Å². The molecule has 27 heavy (non-hydrogen) atoms. The summed E-state index contributed by atoms with van der Waals surface area (Å²) in [6, 6.07) is 8.59. The summed E-state index contributed by atoms with van der Waals surface area (Å²) in [6.45, 7) is 6.31. The number of hydrogen-bond donors (Lipinski definition) is 0. The van der Waals surface area contributed by atoms with Crippen LogP contribution in [0.3, 0.4) is 0 Å². The zero-order valence-corrected chi connectivity index (χ0v) is 16.6. The van der Waals surface area contributed by atoms with Gasteiger partial charge in [-0.2, -0.15) is 0 Å². The fourth-order valence-corrected chi connectivity index (χ4v) is 4.17. The van der Waals surface area contributed by atoms with Gasteiger partial charge in [-0.15, -0.1) is 11.3 Å². The summed E-state index contributed by atoms with van der Waals surface area (Å²) >= 11 is 1.57. The van der Waals surface area contributed by atoms with Crippen LogP contribution < -0.4 is 4.90 Å². The Bertz CT molecular complexity index is 1110. The fraction of sp³-hybridized carbons (Fsp3) is 0.238. The van der Waals surface area contributed by atoms with E-state index in [0.717, 1.165) is 45.5 Å². The molecule has 1 aromatic carbocycles. The summed E-state index contributed by atoms with van der Waals surface area (Å²) in [5, 5.41) is 2.88. The molecular formula is C21H21FN4S. The number of aromatic nitrogens is 3. The van der Waals surface area contributed by atoms with E-state index in [9.17, 15) is 4.39 Å². The SMILES string of the molecule is CCc1nc2c(C)cc(C)cn2c1N(C)c1nc(-c2ccc(F)cc2)cs1. The van der Waals surface area contributed by atoms with Crippen LogP contribution in [0.15, 0.2) is 41.9 Å². The third-order valence-corrected chi connectivity index (χ3v) is 5.57. The molecule has 0 atom stereocenters. The van der Waals surface area contributed by atoms with Gasteiger partial charge in [-0.3, -0.25) is 4.40 Å². The number of rotatable bonds is 4. The Morgan fingerprint density at radius 1 is 1.15 bits per heavy atom. The second-order valence-corrected chi connectivity index (χ2v) is 7.55. The van der Waals surface area contributed by atoms with Crippen LogP contribution in [0, 0.1) is 19.7 Å². The van der Waals surface area contributed by atoms with Gasteiger partial charge in [0.15, 0.2) is 5.13 Å². The number of pyridine rings is 1. The summed E-state index contributed by atoms with van der Waals surface area (Å²) in [7, 11) is 2.02. The molecule has 0 radical (unpaired) electrons.